The van der Waals surface area contributed by atoms with Gasteiger partial charge in [-0.3, -0.25) is 0 Å². The van der Waals surface area contributed by atoms with Gasteiger partial charge in [-0.25, -0.2) is 4.98 Å². The summed E-state index contributed by atoms with van der Waals surface area (Å²) < 4.78 is 0.926. The van der Waals surface area contributed by atoms with E-state index in [0.717, 1.165) is 38.2 Å². The Kier molecular flexibility index (Phi) is 5.63. The second-order valence-corrected chi connectivity index (χ2v) is 8.13. The van der Waals surface area contributed by atoms with Gasteiger partial charge < -0.3 is 5.32 Å². The molecular weight excluding hydrogens is 368 g/mol. The summed E-state index contributed by atoms with van der Waals surface area (Å²) in [5.41, 5.74) is 1.95. The van der Waals surface area contributed by atoms with Crippen molar-refractivity contribution in [2.45, 2.75) is 21.9 Å². The van der Waals surface area contributed by atoms with Crippen molar-refractivity contribution >= 4 is 62.5 Å². The van der Waals surface area contributed by atoms with E-state index in [1.54, 1.807) is 34.9 Å². The molecule has 120 valence electrons. The highest BCUT2D eigenvalue weighted by atomic mass is 35.5. The maximum atomic E-state index is 6.34. The summed E-state index contributed by atoms with van der Waals surface area (Å²) in [5.74, 6) is 0.729. The Morgan fingerprint density at radius 3 is 2.91 bits per heavy atom. The minimum absolute atomic E-state index is 0.555. The van der Waals surface area contributed by atoms with E-state index < -0.39 is 0 Å². The van der Waals surface area contributed by atoms with E-state index in [1.165, 1.54) is 4.90 Å². The largest absolute Gasteiger partial charge is 0.360 e. The molecule has 8 heteroatoms. The van der Waals surface area contributed by atoms with Crippen LogP contribution in [0.15, 0.2) is 33.5 Å². The van der Waals surface area contributed by atoms with Crippen LogP contribution in [0.4, 0.5) is 5.13 Å². The van der Waals surface area contributed by atoms with Crippen LogP contribution >= 0.6 is 46.5 Å². The molecule has 0 amide bonds. The molecule has 2 aromatic heterocycles. The van der Waals surface area contributed by atoms with E-state index in [1.807, 2.05) is 6.92 Å². The number of benzene rings is 1. The molecule has 3 aromatic rings. The Labute approximate surface area is 152 Å². The Hall–Kier alpha value is -1.02. The average Bonchev–Trinajstić information content (AvgIpc) is 3.00. The highest BCUT2D eigenvalue weighted by molar-refractivity contribution is 8.00. The molecule has 3 rings (SSSR count). The van der Waals surface area contributed by atoms with Gasteiger partial charge in [-0.05, 0) is 31.4 Å². The van der Waals surface area contributed by atoms with Crippen molar-refractivity contribution in [3.05, 3.63) is 35.0 Å². The number of halogens is 1. The van der Waals surface area contributed by atoms with Crippen molar-refractivity contribution in [3.63, 3.8) is 0 Å². The first-order valence-corrected chi connectivity index (χ1v) is 10.4. The molecule has 0 atom stereocenters. The fourth-order valence-corrected chi connectivity index (χ4v) is 4.54. The molecular formula is C15H15ClN4S3. The van der Waals surface area contributed by atoms with E-state index in [9.17, 15) is 0 Å². The molecule has 4 nitrogen and oxygen atoms in total. The fourth-order valence-electron chi connectivity index (χ4n) is 2.03. The monoisotopic (exact) mass is 382 g/mol. The van der Waals surface area contributed by atoms with Crippen LogP contribution in [0.5, 0.6) is 0 Å². The fraction of sp³-hybridized carbons (Fsp3) is 0.267. The van der Waals surface area contributed by atoms with Crippen LogP contribution in [0, 0.1) is 0 Å². The van der Waals surface area contributed by atoms with Crippen LogP contribution < -0.4 is 5.32 Å². The number of anilines is 1. The van der Waals surface area contributed by atoms with Crippen molar-refractivity contribution in [1.29, 1.82) is 0 Å². The van der Waals surface area contributed by atoms with E-state index >= 15 is 0 Å². The molecule has 0 aliphatic rings. The first kappa shape index (κ1) is 16.8. The quantitative estimate of drug-likeness (QED) is 0.468. The summed E-state index contributed by atoms with van der Waals surface area (Å²) in [4.78, 5) is 5.71. The van der Waals surface area contributed by atoms with Crippen molar-refractivity contribution in [1.82, 2.24) is 15.2 Å². The number of hydrogen-bond donors (Lipinski definition) is 1. The molecule has 0 radical (unpaired) electrons. The van der Waals surface area contributed by atoms with Crippen molar-refractivity contribution < 1.29 is 0 Å². The predicted octanol–water partition coefficient (Wildman–Crippen LogP) is 5.19. The van der Waals surface area contributed by atoms with Gasteiger partial charge in [-0.2, -0.15) is 0 Å². The number of nitrogens with one attached hydrogen (secondary N) is 1. The average molecular weight is 383 g/mol. The van der Waals surface area contributed by atoms with Gasteiger partial charge in [-0.15, -0.1) is 22.0 Å². The summed E-state index contributed by atoms with van der Waals surface area (Å²) in [6.07, 6.45) is 2.05. The maximum absolute atomic E-state index is 6.34. The molecule has 0 saturated heterocycles. The van der Waals surface area contributed by atoms with E-state index in [0.29, 0.717) is 5.15 Å². The summed E-state index contributed by atoms with van der Waals surface area (Å²) in [6.45, 7) is 2.88. The summed E-state index contributed by atoms with van der Waals surface area (Å²) >= 11 is 11.2. The lowest BCUT2D eigenvalue weighted by atomic mass is 10.2. The maximum Gasteiger partial charge on any atom is 0.206 e. The molecule has 23 heavy (non-hydrogen) atoms. The summed E-state index contributed by atoms with van der Waals surface area (Å²) in [7, 11) is 0. The lowest BCUT2D eigenvalue weighted by Gasteiger charge is -2.06. The molecule has 0 spiro atoms. The Bertz CT molecular complexity index is 822. The summed E-state index contributed by atoms with van der Waals surface area (Å²) in [6, 6.07) is 8.37. The third-order valence-corrected chi connectivity index (χ3v) is 6.25. The zero-order valence-corrected chi connectivity index (χ0v) is 15.9. The van der Waals surface area contributed by atoms with Gasteiger partial charge in [0.25, 0.3) is 0 Å². The minimum Gasteiger partial charge on any atom is -0.360 e. The number of thioether (sulfide) groups is 2. The van der Waals surface area contributed by atoms with Gasteiger partial charge in [0.15, 0.2) is 4.34 Å². The van der Waals surface area contributed by atoms with Crippen LogP contribution in [0.2, 0.25) is 5.15 Å². The van der Waals surface area contributed by atoms with Gasteiger partial charge in [0.2, 0.25) is 5.13 Å². The molecule has 2 heterocycles. The van der Waals surface area contributed by atoms with Crippen LogP contribution in [0.1, 0.15) is 12.5 Å². The molecule has 1 N–H and O–H groups in total. The van der Waals surface area contributed by atoms with Gasteiger partial charge >= 0.3 is 0 Å². The van der Waals surface area contributed by atoms with Gasteiger partial charge in [-0.1, -0.05) is 40.8 Å². The van der Waals surface area contributed by atoms with Crippen molar-refractivity contribution in [3.8, 4) is 0 Å². The predicted molar refractivity (Wildman–Crippen MR) is 102 cm³/mol. The highest BCUT2D eigenvalue weighted by Crippen LogP contribution is 2.32. The first-order valence-electron chi connectivity index (χ1n) is 7.03. The van der Waals surface area contributed by atoms with Crippen LogP contribution in [0.25, 0.3) is 10.9 Å². The molecule has 0 bridgehead atoms. The molecule has 0 aliphatic carbocycles. The zero-order valence-electron chi connectivity index (χ0n) is 12.7. The number of rotatable bonds is 6. The van der Waals surface area contributed by atoms with Gasteiger partial charge in [0, 0.05) is 28.1 Å². The van der Waals surface area contributed by atoms with E-state index in [2.05, 4.69) is 51.0 Å². The minimum atomic E-state index is 0.555. The normalized spacial score (nSPS) is 11.1. The molecule has 1 aromatic carbocycles. The number of nitrogens with zero attached hydrogens (tertiary/aromatic N) is 3. The number of pyridine rings is 1. The second kappa shape index (κ2) is 7.70. The molecule has 0 fully saturated rings. The Morgan fingerprint density at radius 2 is 2.13 bits per heavy atom. The lowest BCUT2D eigenvalue weighted by Crippen LogP contribution is -1.94. The smallest absolute Gasteiger partial charge is 0.206 e. The number of hydrogen-bond acceptors (Lipinski definition) is 7. The van der Waals surface area contributed by atoms with E-state index in [4.69, 9.17) is 11.6 Å². The highest BCUT2D eigenvalue weighted by Gasteiger charge is 2.09. The third kappa shape index (κ3) is 4.09. The lowest BCUT2D eigenvalue weighted by molar-refractivity contribution is 1.00. The molecule has 0 aliphatic heterocycles. The second-order valence-electron chi connectivity index (χ2n) is 4.69. The number of aromatic nitrogens is 3. The third-order valence-electron chi connectivity index (χ3n) is 3.14. The van der Waals surface area contributed by atoms with Gasteiger partial charge in [0.05, 0.1) is 5.52 Å². The topological polar surface area (TPSA) is 50.7 Å². The van der Waals surface area contributed by atoms with Crippen LogP contribution in [-0.4, -0.2) is 28.0 Å². The Balaban J connectivity index is 1.77. The van der Waals surface area contributed by atoms with Crippen molar-refractivity contribution in [2.24, 2.45) is 0 Å². The van der Waals surface area contributed by atoms with E-state index in [-0.39, 0.29) is 0 Å². The molecule has 0 unspecified atom stereocenters. The standard InChI is InChI=1S/C15H15ClN4S3/c1-3-17-14-19-20-15(23-14)22-8-10-6-9-4-5-11(21-2)7-12(9)18-13(10)16/h4-7H,3,8H2,1-2H3,(H,17,19). The Morgan fingerprint density at radius 1 is 1.26 bits per heavy atom. The first-order chi connectivity index (χ1) is 11.2. The zero-order chi connectivity index (χ0) is 16.2. The van der Waals surface area contributed by atoms with Gasteiger partial charge in [0.1, 0.15) is 5.15 Å². The number of fused-ring (bicyclic) bond motifs is 1. The van der Waals surface area contributed by atoms with Crippen molar-refractivity contribution in [2.75, 3.05) is 18.1 Å². The molecule has 0 saturated carbocycles. The van der Waals surface area contributed by atoms with Crippen LogP contribution in [-0.2, 0) is 5.75 Å². The summed E-state index contributed by atoms with van der Waals surface area (Å²) in [5, 5.41) is 13.9. The SMILES string of the molecule is CCNc1nnc(SCc2cc3ccc(SC)cc3nc2Cl)s1. The van der Waals surface area contributed by atoms with Crippen LogP contribution in [0.3, 0.4) is 0 Å².